The number of rotatable bonds is 3. The number of H-pyrrole nitrogens is 1. The first-order chi connectivity index (χ1) is 14.2. The Morgan fingerprint density at radius 1 is 1.03 bits per heavy atom. The number of nitrogens with zero attached hydrogens (tertiary/aromatic N) is 1. The number of hydrogen-bond acceptors (Lipinski definition) is 2. The number of benzene rings is 2. The topological polar surface area (TPSA) is 56.3 Å². The summed E-state index contributed by atoms with van der Waals surface area (Å²) in [5, 5.41) is 11.9. The molecular formula is C25H28N2O2. The van der Waals surface area contributed by atoms with Crippen molar-refractivity contribution in [2.75, 3.05) is 13.1 Å². The molecule has 1 aromatic heterocycles. The molecule has 150 valence electrons. The van der Waals surface area contributed by atoms with Crippen LogP contribution in [0.1, 0.15) is 59.0 Å². The highest BCUT2D eigenvalue weighted by Crippen LogP contribution is 2.32. The number of fused-ring (bicyclic) bond motifs is 3. The van der Waals surface area contributed by atoms with Gasteiger partial charge in [0, 0.05) is 35.2 Å². The second-order valence-corrected chi connectivity index (χ2v) is 8.53. The summed E-state index contributed by atoms with van der Waals surface area (Å²) >= 11 is 0. The lowest BCUT2D eigenvalue weighted by atomic mass is 9.87. The van der Waals surface area contributed by atoms with Crippen LogP contribution < -0.4 is 0 Å². The Morgan fingerprint density at radius 2 is 1.79 bits per heavy atom. The highest BCUT2D eigenvalue weighted by atomic mass is 16.3. The Balaban J connectivity index is 1.29. The minimum atomic E-state index is -0.448. The molecule has 1 aliphatic heterocycles. The number of carbonyl (C=O) groups is 1. The smallest absolute Gasteiger partial charge is 0.253 e. The molecule has 0 saturated carbocycles. The van der Waals surface area contributed by atoms with Crippen LogP contribution in [0, 0.1) is 5.92 Å². The van der Waals surface area contributed by atoms with Crippen LogP contribution in [0.15, 0.2) is 48.5 Å². The van der Waals surface area contributed by atoms with Crippen LogP contribution in [-0.4, -0.2) is 34.0 Å². The van der Waals surface area contributed by atoms with Crippen molar-refractivity contribution in [3.63, 3.8) is 0 Å². The lowest BCUT2D eigenvalue weighted by Gasteiger charge is -2.34. The van der Waals surface area contributed by atoms with Crippen molar-refractivity contribution < 1.29 is 9.90 Å². The third-order valence-electron chi connectivity index (χ3n) is 6.76. The summed E-state index contributed by atoms with van der Waals surface area (Å²) in [7, 11) is 0. The van der Waals surface area contributed by atoms with E-state index in [1.807, 2.05) is 41.3 Å². The number of likely N-dealkylation sites (tertiary alicyclic amines) is 1. The third kappa shape index (κ3) is 3.46. The van der Waals surface area contributed by atoms with Crippen LogP contribution in [0.4, 0.5) is 0 Å². The number of amides is 1. The molecule has 2 aromatic carbocycles. The molecule has 0 radical (unpaired) electrons. The monoisotopic (exact) mass is 388 g/mol. The fraction of sp³-hybridized carbons (Fsp3) is 0.400. The third-order valence-corrected chi connectivity index (χ3v) is 6.76. The zero-order chi connectivity index (χ0) is 19.8. The van der Waals surface area contributed by atoms with E-state index in [0.29, 0.717) is 13.1 Å². The fourth-order valence-corrected chi connectivity index (χ4v) is 5.06. The number of nitrogens with one attached hydrogen (secondary N) is 1. The average Bonchev–Trinajstić information content (AvgIpc) is 3.17. The van der Waals surface area contributed by atoms with Gasteiger partial charge >= 0.3 is 0 Å². The summed E-state index contributed by atoms with van der Waals surface area (Å²) in [4.78, 5) is 18.6. The molecule has 4 heteroatoms. The maximum Gasteiger partial charge on any atom is 0.253 e. The van der Waals surface area contributed by atoms with Gasteiger partial charge in [0.15, 0.2) is 0 Å². The van der Waals surface area contributed by atoms with E-state index in [9.17, 15) is 9.90 Å². The summed E-state index contributed by atoms with van der Waals surface area (Å²) in [6.07, 6.45) is 5.93. The van der Waals surface area contributed by atoms with E-state index in [1.54, 1.807) is 0 Å². The number of carbonyl (C=O) groups excluding carboxylic acids is 1. The second-order valence-electron chi connectivity index (χ2n) is 8.53. The molecule has 2 aliphatic rings. The predicted molar refractivity (Wildman–Crippen MR) is 115 cm³/mol. The number of aromatic amines is 1. The molecular weight excluding hydrogens is 360 g/mol. The summed E-state index contributed by atoms with van der Waals surface area (Å²) in [5.74, 6) is 0.325. The number of piperidine rings is 1. The van der Waals surface area contributed by atoms with Gasteiger partial charge in [-0.1, -0.05) is 30.3 Å². The molecule has 0 spiro atoms. The molecule has 1 fully saturated rings. The van der Waals surface area contributed by atoms with Gasteiger partial charge < -0.3 is 15.0 Å². The van der Waals surface area contributed by atoms with Crippen LogP contribution in [0.2, 0.25) is 0 Å². The first-order valence-electron chi connectivity index (χ1n) is 10.9. The Hall–Kier alpha value is -2.59. The van der Waals surface area contributed by atoms with Crippen LogP contribution in [-0.2, 0) is 12.8 Å². The van der Waals surface area contributed by atoms with Gasteiger partial charge in [0.25, 0.3) is 5.91 Å². The van der Waals surface area contributed by atoms with Gasteiger partial charge in [0.1, 0.15) is 0 Å². The number of aliphatic hydroxyl groups excluding tert-OH is 1. The van der Waals surface area contributed by atoms with E-state index in [2.05, 4.69) is 17.1 Å². The number of hydrogen-bond donors (Lipinski definition) is 2. The molecule has 2 heterocycles. The van der Waals surface area contributed by atoms with Crippen molar-refractivity contribution in [1.82, 2.24) is 9.88 Å². The number of aryl methyl sites for hydroxylation is 2. The van der Waals surface area contributed by atoms with Gasteiger partial charge in [-0.3, -0.25) is 4.79 Å². The van der Waals surface area contributed by atoms with Gasteiger partial charge in [-0.2, -0.15) is 0 Å². The Labute approximate surface area is 171 Å². The Morgan fingerprint density at radius 3 is 2.59 bits per heavy atom. The fourth-order valence-electron chi connectivity index (χ4n) is 5.06. The highest BCUT2D eigenvalue weighted by Gasteiger charge is 2.29. The second kappa shape index (κ2) is 7.68. The largest absolute Gasteiger partial charge is 0.388 e. The Bertz CT molecular complexity index is 1020. The van der Waals surface area contributed by atoms with E-state index in [1.165, 1.54) is 29.5 Å². The summed E-state index contributed by atoms with van der Waals surface area (Å²) in [5.41, 5.74) is 5.67. The van der Waals surface area contributed by atoms with Crippen molar-refractivity contribution in [2.45, 2.75) is 44.6 Å². The van der Waals surface area contributed by atoms with E-state index in [-0.39, 0.29) is 11.8 Å². The molecule has 1 aliphatic carbocycles. The molecule has 1 saturated heterocycles. The van der Waals surface area contributed by atoms with Gasteiger partial charge in [-0.05, 0) is 73.8 Å². The molecule has 0 bridgehead atoms. The van der Waals surface area contributed by atoms with Crippen LogP contribution in [0.5, 0.6) is 0 Å². The molecule has 5 rings (SSSR count). The highest BCUT2D eigenvalue weighted by molar-refractivity contribution is 5.99. The van der Waals surface area contributed by atoms with Gasteiger partial charge in [0.05, 0.1) is 6.10 Å². The van der Waals surface area contributed by atoms with Crippen LogP contribution in [0.3, 0.4) is 0 Å². The van der Waals surface area contributed by atoms with Crippen molar-refractivity contribution in [3.8, 4) is 0 Å². The van der Waals surface area contributed by atoms with Crippen molar-refractivity contribution in [2.24, 2.45) is 5.92 Å². The van der Waals surface area contributed by atoms with Gasteiger partial charge in [-0.25, -0.2) is 0 Å². The van der Waals surface area contributed by atoms with Crippen molar-refractivity contribution in [3.05, 3.63) is 70.9 Å². The first-order valence-corrected chi connectivity index (χ1v) is 10.9. The predicted octanol–water partition coefficient (Wildman–Crippen LogP) is 4.63. The molecule has 1 amide bonds. The summed E-state index contributed by atoms with van der Waals surface area (Å²) in [6.45, 7) is 1.41. The SMILES string of the molecule is O=C(c1ccc2[nH]c3c(c2c1)CCCC3)N1CCC([C@H](O)c2ccccc2)CC1. The minimum Gasteiger partial charge on any atom is -0.388 e. The van der Waals surface area contributed by atoms with E-state index in [0.717, 1.165) is 42.3 Å². The standard InChI is InChI=1S/C25H28N2O2/c28-24(17-6-2-1-3-7-17)18-12-14-27(15-13-18)25(29)19-10-11-23-21(16-19)20-8-4-5-9-22(20)26-23/h1-3,6-7,10-11,16,18,24,26,28H,4-5,8-9,12-15H2/t24-/m1/s1. The maximum atomic E-state index is 13.1. The van der Waals surface area contributed by atoms with Crippen molar-refractivity contribution >= 4 is 16.8 Å². The maximum absolute atomic E-state index is 13.1. The van der Waals surface area contributed by atoms with E-state index >= 15 is 0 Å². The minimum absolute atomic E-state index is 0.116. The average molecular weight is 389 g/mol. The molecule has 2 N–H and O–H groups in total. The molecule has 0 unspecified atom stereocenters. The zero-order valence-corrected chi connectivity index (χ0v) is 16.7. The zero-order valence-electron chi connectivity index (χ0n) is 16.7. The Kier molecular flexibility index (Phi) is 4.88. The molecule has 3 aromatic rings. The van der Waals surface area contributed by atoms with Crippen LogP contribution >= 0.6 is 0 Å². The van der Waals surface area contributed by atoms with Gasteiger partial charge in [0.2, 0.25) is 0 Å². The van der Waals surface area contributed by atoms with E-state index < -0.39 is 6.10 Å². The lowest BCUT2D eigenvalue weighted by Crippen LogP contribution is -2.39. The van der Waals surface area contributed by atoms with E-state index in [4.69, 9.17) is 0 Å². The molecule has 29 heavy (non-hydrogen) atoms. The van der Waals surface area contributed by atoms with Crippen LogP contribution in [0.25, 0.3) is 10.9 Å². The number of aromatic nitrogens is 1. The molecule has 1 atom stereocenters. The summed E-state index contributed by atoms with van der Waals surface area (Å²) in [6, 6.07) is 16.0. The number of aliphatic hydroxyl groups is 1. The first kappa shape index (κ1) is 18.4. The lowest BCUT2D eigenvalue weighted by molar-refractivity contribution is 0.0462. The van der Waals surface area contributed by atoms with Gasteiger partial charge in [-0.15, -0.1) is 0 Å². The van der Waals surface area contributed by atoms with Crippen molar-refractivity contribution in [1.29, 1.82) is 0 Å². The molecule has 4 nitrogen and oxygen atoms in total. The quantitative estimate of drug-likeness (QED) is 0.687. The summed E-state index contributed by atoms with van der Waals surface area (Å²) < 4.78 is 0. The normalized spacial score (nSPS) is 18.6.